The maximum absolute atomic E-state index is 10.0. The number of aromatic hydroxyl groups is 1. The smallest absolute Gasteiger partial charge is 0.143 e. The summed E-state index contributed by atoms with van der Waals surface area (Å²) in [4.78, 5) is 0. The van der Waals surface area contributed by atoms with E-state index in [0.29, 0.717) is 18.0 Å². The summed E-state index contributed by atoms with van der Waals surface area (Å²) >= 11 is 0. The Labute approximate surface area is 147 Å². The minimum atomic E-state index is 0.0705. The maximum Gasteiger partial charge on any atom is 0.143 e. The van der Waals surface area contributed by atoms with E-state index in [1.807, 2.05) is 62.4 Å². The number of ether oxygens (including phenoxy) is 1. The van der Waals surface area contributed by atoms with Gasteiger partial charge in [0.15, 0.2) is 0 Å². The monoisotopic (exact) mass is 332 g/mol. The van der Waals surface area contributed by atoms with Crippen molar-refractivity contribution in [2.24, 2.45) is 10.2 Å². The molecule has 4 heteroatoms. The molecule has 0 heterocycles. The van der Waals surface area contributed by atoms with Crippen LogP contribution in [0.2, 0.25) is 0 Å². The summed E-state index contributed by atoms with van der Waals surface area (Å²) in [5.74, 6) is 0.706. The molecule has 126 valence electrons. The average molecular weight is 332 g/mol. The van der Waals surface area contributed by atoms with Gasteiger partial charge in [0.25, 0.3) is 0 Å². The molecule has 0 aliphatic rings. The summed E-state index contributed by atoms with van der Waals surface area (Å²) in [5.41, 5.74) is 4.39. The van der Waals surface area contributed by atoms with Crippen LogP contribution >= 0.6 is 0 Å². The van der Waals surface area contributed by atoms with Crippen molar-refractivity contribution < 1.29 is 9.84 Å². The Kier molecular flexibility index (Phi) is 5.09. The SMILES string of the molecule is Cc1ccc(C)c(N=Nc2cc(OCc3ccccc3)ccc2O)c1. The van der Waals surface area contributed by atoms with E-state index in [9.17, 15) is 5.11 Å². The van der Waals surface area contributed by atoms with E-state index in [1.54, 1.807) is 18.2 Å². The van der Waals surface area contributed by atoms with Crippen LogP contribution in [-0.4, -0.2) is 5.11 Å². The third kappa shape index (κ3) is 4.44. The van der Waals surface area contributed by atoms with Gasteiger partial charge >= 0.3 is 0 Å². The lowest BCUT2D eigenvalue weighted by molar-refractivity contribution is 0.306. The normalized spacial score (nSPS) is 11.0. The molecule has 0 saturated heterocycles. The summed E-state index contributed by atoms with van der Waals surface area (Å²) in [6, 6.07) is 20.9. The van der Waals surface area contributed by atoms with Gasteiger partial charge in [0.2, 0.25) is 0 Å². The highest BCUT2D eigenvalue weighted by Crippen LogP contribution is 2.33. The quantitative estimate of drug-likeness (QED) is 0.582. The zero-order chi connectivity index (χ0) is 17.6. The molecule has 0 amide bonds. The van der Waals surface area contributed by atoms with E-state index in [-0.39, 0.29) is 5.75 Å². The minimum Gasteiger partial charge on any atom is -0.506 e. The van der Waals surface area contributed by atoms with Gasteiger partial charge in [-0.25, -0.2) is 0 Å². The molecule has 3 aromatic carbocycles. The minimum absolute atomic E-state index is 0.0705. The highest BCUT2D eigenvalue weighted by Gasteiger charge is 2.04. The van der Waals surface area contributed by atoms with Gasteiger partial charge in [-0.05, 0) is 48.7 Å². The molecule has 0 aliphatic carbocycles. The number of aryl methyl sites for hydroxylation is 2. The number of phenolic OH excluding ortho intramolecular Hbond substituents is 1. The molecule has 0 saturated carbocycles. The number of azo groups is 1. The fourth-order valence-corrected chi connectivity index (χ4v) is 2.35. The molecule has 0 bridgehead atoms. The molecule has 0 spiro atoms. The molecular formula is C21H20N2O2. The van der Waals surface area contributed by atoms with E-state index < -0.39 is 0 Å². The summed E-state index contributed by atoms with van der Waals surface area (Å²) in [7, 11) is 0. The molecule has 0 atom stereocenters. The fraction of sp³-hybridized carbons (Fsp3) is 0.143. The Morgan fingerprint density at radius 3 is 2.40 bits per heavy atom. The van der Waals surface area contributed by atoms with Crippen molar-refractivity contribution in [3.05, 3.63) is 83.4 Å². The molecule has 0 radical (unpaired) electrons. The van der Waals surface area contributed by atoms with Crippen LogP contribution in [0.4, 0.5) is 11.4 Å². The van der Waals surface area contributed by atoms with Gasteiger partial charge in [0.1, 0.15) is 23.8 Å². The number of hydrogen-bond acceptors (Lipinski definition) is 4. The third-order valence-electron chi connectivity index (χ3n) is 3.83. The number of benzene rings is 3. The van der Waals surface area contributed by atoms with E-state index in [1.165, 1.54) is 0 Å². The molecule has 25 heavy (non-hydrogen) atoms. The van der Waals surface area contributed by atoms with Crippen LogP contribution in [0.15, 0.2) is 77.0 Å². The highest BCUT2D eigenvalue weighted by atomic mass is 16.5. The van der Waals surface area contributed by atoms with Gasteiger partial charge in [0, 0.05) is 6.07 Å². The Balaban J connectivity index is 1.77. The van der Waals surface area contributed by atoms with E-state index in [4.69, 9.17) is 4.74 Å². The molecule has 4 nitrogen and oxygen atoms in total. The van der Waals surface area contributed by atoms with Crippen molar-refractivity contribution in [3.8, 4) is 11.5 Å². The van der Waals surface area contributed by atoms with Crippen molar-refractivity contribution in [1.82, 2.24) is 0 Å². The van der Waals surface area contributed by atoms with Crippen molar-refractivity contribution >= 4 is 11.4 Å². The van der Waals surface area contributed by atoms with Crippen molar-refractivity contribution in [2.45, 2.75) is 20.5 Å². The Morgan fingerprint density at radius 1 is 0.840 bits per heavy atom. The molecule has 0 unspecified atom stereocenters. The Hall–Kier alpha value is -3.14. The van der Waals surface area contributed by atoms with E-state index >= 15 is 0 Å². The van der Waals surface area contributed by atoms with Gasteiger partial charge in [-0.3, -0.25) is 0 Å². The summed E-state index contributed by atoms with van der Waals surface area (Å²) < 4.78 is 5.77. The molecule has 0 fully saturated rings. The zero-order valence-electron chi connectivity index (χ0n) is 14.3. The fourth-order valence-electron chi connectivity index (χ4n) is 2.35. The van der Waals surface area contributed by atoms with Crippen molar-refractivity contribution in [2.75, 3.05) is 0 Å². The van der Waals surface area contributed by atoms with Gasteiger partial charge in [-0.2, -0.15) is 5.11 Å². The topological polar surface area (TPSA) is 54.2 Å². The van der Waals surface area contributed by atoms with E-state index in [2.05, 4.69) is 10.2 Å². The Bertz CT molecular complexity index is 890. The van der Waals surface area contributed by atoms with Gasteiger partial charge < -0.3 is 9.84 Å². The van der Waals surface area contributed by atoms with Crippen LogP contribution in [0.5, 0.6) is 11.5 Å². The predicted octanol–water partition coefficient (Wildman–Crippen LogP) is 6.00. The lowest BCUT2D eigenvalue weighted by Crippen LogP contribution is -1.94. The highest BCUT2D eigenvalue weighted by molar-refractivity contribution is 5.55. The van der Waals surface area contributed by atoms with Gasteiger partial charge in [0.05, 0.1) is 5.69 Å². The van der Waals surface area contributed by atoms with Gasteiger partial charge in [-0.15, -0.1) is 5.11 Å². The summed E-state index contributed by atoms with van der Waals surface area (Å²) in [6.45, 7) is 4.44. The number of rotatable bonds is 5. The molecule has 1 N–H and O–H groups in total. The first-order valence-electron chi connectivity index (χ1n) is 8.10. The first kappa shape index (κ1) is 16.7. The first-order valence-corrected chi connectivity index (χ1v) is 8.10. The second kappa shape index (κ2) is 7.62. The average Bonchev–Trinajstić information content (AvgIpc) is 2.63. The van der Waals surface area contributed by atoms with Crippen LogP contribution in [0, 0.1) is 13.8 Å². The van der Waals surface area contributed by atoms with Gasteiger partial charge in [-0.1, -0.05) is 42.5 Å². The number of nitrogens with zero attached hydrogens (tertiary/aromatic N) is 2. The lowest BCUT2D eigenvalue weighted by atomic mass is 10.1. The maximum atomic E-state index is 10.0. The van der Waals surface area contributed by atoms with Crippen LogP contribution in [0.25, 0.3) is 0 Å². The van der Waals surface area contributed by atoms with Crippen LogP contribution < -0.4 is 4.74 Å². The molecule has 0 aromatic heterocycles. The van der Waals surface area contributed by atoms with E-state index in [0.717, 1.165) is 22.4 Å². The summed E-state index contributed by atoms with van der Waals surface area (Å²) in [6.07, 6.45) is 0. The first-order chi connectivity index (χ1) is 12.1. The van der Waals surface area contributed by atoms with Crippen LogP contribution in [0.1, 0.15) is 16.7 Å². The predicted molar refractivity (Wildman–Crippen MR) is 99.0 cm³/mol. The number of hydrogen-bond donors (Lipinski definition) is 1. The molecule has 3 rings (SSSR count). The second-order valence-electron chi connectivity index (χ2n) is 5.91. The molecule has 0 aliphatic heterocycles. The summed E-state index contributed by atoms with van der Waals surface area (Å²) in [5, 5.41) is 18.5. The molecular weight excluding hydrogens is 312 g/mol. The largest absolute Gasteiger partial charge is 0.506 e. The lowest BCUT2D eigenvalue weighted by Gasteiger charge is -2.07. The van der Waals surface area contributed by atoms with Crippen molar-refractivity contribution in [3.63, 3.8) is 0 Å². The van der Waals surface area contributed by atoms with Crippen molar-refractivity contribution in [1.29, 1.82) is 0 Å². The standard InChI is InChI=1S/C21H20N2O2/c1-15-8-9-16(2)19(12-15)22-23-20-13-18(10-11-21(20)24)25-14-17-6-4-3-5-7-17/h3-13,24H,14H2,1-2H3. The Morgan fingerprint density at radius 2 is 1.60 bits per heavy atom. The van der Waals surface area contributed by atoms with Crippen LogP contribution in [-0.2, 0) is 6.61 Å². The second-order valence-corrected chi connectivity index (χ2v) is 5.91. The zero-order valence-corrected chi connectivity index (χ0v) is 14.3. The number of phenols is 1. The molecule has 3 aromatic rings. The van der Waals surface area contributed by atoms with Crippen LogP contribution in [0.3, 0.4) is 0 Å². The third-order valence-corrected chi connectivity index (χ3v) is 3.83.